The summed E-state index contributed by atoms with van der Waals surface area (Å²) in [6, 6.07) is 5.16. The van der Waals surface area contributed by atoms with Gasteiger partial charge in [-0.25, -0.2) is 4.39 Å². The Labute approximate surface area is 106 Å². The lowest BCUT2D eigenvalue weighted by molar-refractivity contribution is -0.137. The van der Waals surface area contributed by atoms with Crippen molar-refractivity contribution >= 4 is 0 Å². The highest BCUT2D eigenvalue weighted by molar-refractivity contribution is 5.60. The van der Waals surface area contributed by atoms with E-state index in [1.807, 2.05) is 0 Å². The number of nitrogens with zero attached hydrogens (tertiary/aromatic N) is 1. The van der Waals surface area contributed by atoms with Crippen LogP contribution in [-0.2, 0) is 12.8 Å². The Kier molecular flexibility index (Phi) is 3.53. The van der Waals surface area contributed by atoms with Gasteiger partial charge in [-0.2, -0.15) is 13.2 Å². The number of aromatic nitrogens is 1. The zero-order chi connectivity index (χ0) is 14.0. The standard InChI is InChI=1S/C13H9F4NO/c14-11-5-8(7-19)6-18-12(11)9-1-3-10(4-2-9)13(15,16)17/h1-6,19H,7H2. The minimum Gasteiger partial charge on any atom is -0.392 e. The number of halogens is 4. The number of benzene rings is 1. The summed E-state index contributed by atoms with van der Waals surface area (Å²) in [7, 11) is 0. The molecule has 0 saturated carbocycles. The molecule has 0 amide bonds. The molecule has 0 bridgehead atoms. The molecule has 1 aromatic carbocycles. The molecule has 100 valence electrons. The van der Waals surface area contributed by atoms with Crippen LogP contribution in [0.25, 0.3) is 11.3 Å². The highest BCUT2D eigenvalue weighted by atomic mass is 19.4. The Morgan fingerprint density at radius 1 is 1.11 bits per heavy atom. The van der Waals surface area contributed by atoms with Crippen molar-refractivity contribution < 1.29 is 22.7 Å². The zero-order valence-corrected chi connectivity index (χ0v) is 9.58. The van der Waals surface area contributed by atoms with E-state index in [0.717, 1.165) is 30.3 Å². The average molecular weight is 271 g/mol. The second kappa shape index (κ2) is 4.97. The molecule has 1 aromatic heterocycles. The summed E-state index contributed by atoms with van der Waals surface area (Å²) in [5, 5.41) is 8.82. The van der Waals surface area contributed by atoms with Gasteiger partial charge in [0.2, 0.25) is 0 Å². The van der Waals surface area contributed by atoms with Crippen LogP contribution in [0.5, 0.6) is 0 Å². The van der Waals surface area contributed by atoms with Crippen LogP contribution < -0.4 is 0 Å². The van der Waals surface area contributed by atoms with Gasteiger partial charge in [0.1, 0.15) is 11.5 Å². The summed E-state index contributed by atoms with van der Waals surface area (Å²) < 4.78 is 50.8. The Balaban J connectivity index is 2.37. The Hall–Kier alpha value is -1.95. The van der Waals surface area contributed by atoms with Crippen LogP contribution in [0.3, 0.4) is 0 Å². The summed E-state index contributed by atoms with van der Waals surface area (Å²) in [5.74, 6) is -0.689. The van der Waals surface area contributed by atoms with Crippen LogP contribution in [0, 0.1) is 5.82 Å². The molecule has 0 aliphatic rings. The second-order valence-electron chi connectivity index (χ2n) is 3.91. The Bertz CT molecular complexity index is 578. The first-order valence-electron chi connectivity index (χ1n) is 5.34. The third-order valence-electron chi connectivity index (χ3n) is 2.57. The molecule has 19 heavy (non-hydrogen) atoms. The quantitative estimate of drug-likeness (QED) is 0.849. The minimum atomic E-state index is -4.43. The van der Waals surface area contributed by atoms with Crippen molar-refractivity contribution in [3.8, 4) is 11.3 Å². The van der Waals surface area contributed by atoms with Gasteiger partial charge in [0.25, 0.3) is 0 Å². The monoisotopic (exact) mass is 271 g/mol. The van der Waals surface area contributed by atoms with Crippen molar-refractivity contribution in [1.82, 2.24) is 4.98 Å². The summed E-state index contributed by atoms with van der Waals surface area (Å²) in [5.41, 5.74) is -0.308. The van der Waals surface area contributed by atoms with Gasteiger partial charge in [0.15, 0.2) is 0 Å². The lowest BCUT2D eigenvalue weighted by Gasteiger charge is -2.08. The van der Waals surface area contributed by atoms with Crippen LogP contribution in [-0.4, -0.2) is 10.1 Å². The molecule has 0 radical (unpaired) electrons. The molecule has 0 saturated heterocycles. The molecule has 0 atom stereocenters. The maximum absolute atomic E-state index is 13.7. The van der Waals surface area contributed by atoms with Gasteiger partial charge >= 0.3 is 6.18 Å². The maximum atomic E-state index is 13.7. The zero-order valence-electron chi connectivity index (χ0n) is 9.58. The number of aliphatic hydroxyl groups excluding tert-OH is 1. The molecule has 2 aromatic rings. The van der Waals surface area contributed by atoms with E-state index in [0.29, 0.717) is 5.56 Å². The van der Waals surface area contributed by atoms with Crippen LogP contribution in [0.4, 0.5) is 17.6 Å². The van der Waals surface area contributed by atoms with Gasteiger partial charge in [0, 0.05) is 11.8 Å². The molecule has 2 rings (SSSR count). The van der Waals surface area contributed by atoms with Gasteiger partial charge in [0.05, 0.1) is 12.2 Å². The topological polar surface area (TPSA) is 33.1 Å². The lowest BCUT2D eigenvalue weighted by atomic mass is 10.1. The SMILES string of the molecule is OCc1cnc(-c2ccc(C(F)(F)F)cc2)c(F)c1. The predicted molar refractivity (Wildman–Crippen MR) is 60.6 cm³/mol. The highest BCUT2D eigenvalue weighted by Crippen LogP contribution is 2.31. The fourth-order valence-corrected chi connectivity index (χ4v) is 1.59. The van der Waals surface area contributed by atoms with Gasteiger partial charge in [-0.1, -0.05) is 12.1 Å². The lowest BCUT2D eigenvalue weighted by Crippen LogP contribution is -2.04. The van der Waals surface area contributed by atoms with Crippen molar-refractivity contribution in [1.29, 1.82) is 0 Å². The largest absolute Gasteiger partial charge is 0.416 e. The molecule has 0 fully saturated rings. The number of rotatable bonds is 2. The fraction of sp³-hybridized carbons (Fsp3) is 0.154. The molecule has 2 nitrogen and oxygen atoms in total. The number of aliphatic hydroxyl groups is 1. The fourth-order valence-electron chi connectivity index (χ4n) is 1.59. The Morgan fingerprint density at radius 2 is 1.74 bits per heavy atom. The molecule has 0 spiro atoms. The van der Waals surface area contributed by atoms with Gasteiger partial charge < -0.3 is 5.11 Å². The third kappa shape index (κ3) is 2.90. The van der Waals surface area contributed by atoms with Crippen molar-refractivity contribution in [3.05, 3.63) is 53.5 Å². The van der Waals surface area contributed by atoms with Crippen LogP contribution in [0.2, 0.25) is 0 Å². The molecular formula is C13H9F4NO. The number of pyridine rings is 1. The number of hydrogen-bond acceptors (Lipinski definition) is 2. The molecule has 6 heteroatoms. The van der Waals surface area contributed by atoms with Gasteiger partial charge in [-0.05, 0) is 23.8 Å². The van der Waals surface area contributed by atoms with E-state index >= 15 is 0 Å². The predicted octanol–water partition coefficient (Wildman–Crippen LogP) is 3.40. The summed E-state index contributed by atoms with van der Waals surface area (Å²) in [4.78, 5) is 3.79. The van der Waals surface area contributed by atoms with Crippen molar-refractivity contribution in [2.24, 2.45) is 0 Å². The summed E-state index contributed by atoms with van der Waals surface area (Å²) in [6.45, 7) is -0.350. The van der Waals surface area contributed by atoms with E-state index in [4.69, 9.17) is 5.11 Å². The minimum absolute atomic E-state index is 0.0501. The first kappa shape index (κ1) is 13.5. The average Bonchev–Trinajstić information content (AvgIpc) is 2.37. The second-order valence-corrected chi connectivity index (χ2v) is 3.91. The van der Waals surface area contributed by atoms with E-state index in [1.54, 1.807) is 0 Å². The van der Waals surface area contributed by atoms with Gasteiger partial charge in [-0.15, -0.1) is 0 Å². The van der Waals surface area contributed by atoms with E-state index in [2.05, 4.69) is 4.98 Å². The molecule has 0 aliphatic heterocycles. The smallest absolute Gasteiger partial charge is 0.392 e. The first-order chi connectivity index (χ1) is 8.91. The van der Waals surface area contributed by atoms with Crippen LogP contribution >= 0.6 is 0 Å². The van der Waals surface area contributed by atoms with E-state index < -0.39 is 17.6 Å². The van der Waals surface area contributed by atoms with E-state index in [-0.39, 0.29) is 17.9 Å². The molecule has 0 unspecified atom stereocenters. The van der Waals surface area contributed by atoms with Crippen molar-refractivity contribution in [3.63, 3.8) is 0 Å². The molecule has 0 aliphatic carbocycles. The van der Waals surface area contributed by atoms with E-state index in [1.165, 1.54) is 6.20 Å². The number of hydrogen-bond donors (Lipinski definition) is 1. The number of alkyl halides is 3. The molecular weight excluding hydrogens is 262 g/mol. The Morgan fingerprint density at radius 3 is 2.21 bits per heavy atom. The normalized spacial score (nSPS) is 11.6. The molecule has 1 heterocycles. The summed E-state index contributed by atoms with van der Waals surface area (Å²) >= 11 is 0. The van der Waals surface area contributed by atoms with E-state index in [9.17, 15) is 17.6 Å². The molecule has 1 N–H and O–H groups in total. The van der Waals surface area contributed by atoms with Crippen molar-refractivity contribution in [2.75, 3.05) is 0 Å². The van der Waals surface area contributed by atoms with Crippen LogP contribution in [0.15, 0.2) is 36.5 Å². The summed E-state index contributed by atoms with van der Waals surface area (Å²) in [6.07, 6.45) is -3.15. The van der Waals surface area contributed by atoms with Crippen molar-refractivity contribution in [2.45, 2.75) is 12.8 Å². The third-order valence-corrected chi connectivity index (χ3v) is 2.57. The first-order valence-corrected chi connectivity index (χ1v) is 5.34. The van der Waals surface area contributed by atoms with Gasteiger partial charge in [-0.3, -0.25) is 4.98 Å². The maximum Gasteiger partial charge on any atom is 0.416 e. The highest BCUT2D eigenvalue weighted by Gasteiger charge is 2.30. The van der Waals surface area contributed by atoms with Crippen LogP contribution in [0.1, 0.15) is 11.1 Å².